The van der Waals surface area contributed by atoms with Crippen molar-refractivity contribution in [1.82, 2.24) is 10.3 Å². The first-order valence-electron chi connectivity index (χ1n) is 9.94. The van der Waals surface area contributed by atoms with Gasteiger partial charge in [0.05, 0.1) is 22.9 Å². The van der Waals surface area contributed by atoms with Crippen LogP contribution in [0, 0.1) is 17.7 Å². The molecule has 1 amide bonds. The minimum atomic E-state index is -0.643. The molecule has 0 unspecified atom stereocenters. The number of carbonyl (C=O) groups excluding carboxylic acids is 1. The number of rotatable bonds is 5. The molecule has 2 N–H and O–H groups in total. The Hall–Kier alpha value is -2.28. The van der Waals surface area contributed by atoms with E-state index in [0.29, 0.717) is 23.2 Å². The van der Waals surface area contributed by atoms with E-state index >= 15 is 0 Å². The quantitative estimate of drug-likeness (QED) is 0.761. The second-order valence-corrected chi connectivity index (χ2v) is 7.81. The Kier molecular flexibility index (Phi) is 5.44. The summed E-state index contributed by atoms with van der Waals surface area (Å²) in [7, 11) is 0. The number of fused-ring (bicyclic) bond motifs is 1. The van der Waals surface area contributed by atoms with E-state index in [4.69, 9.17) is 4.74 Å². The molecule has 2 fully saturated rings. The van der Waals surface area contributed by atoms with Crippen LogP contribution in [0.1, 0.15) is 44.6 Å². The van der Waals surface area contributed by atoms with Gasteiger partial charge in [0.25, 0.3) is 0 Å². The standard InChI is InChI=1S/C21H25F2N3O2/c1-12-9-15(7-8-28-12)25-19-16-10-14(22)5-6-18(16)26-20(23)17(19)11-24-21(27)13-3-2-4-13/h5-6,10,12-13,15H,2-4,7-9,11H2,1H3,(H,24,27)(H,25,26)/t12-,15-/m1/s1. The predicted molar refractivity (Wildman–Crippen MR) is 103 cm³/mol. The van der Waals surface area contributed by atoms with Crippen molar-refractivity contribution in [3.05, 3.63) is 35.5 Å². The van der Waals surface area contributed by atoms with Gasteiger partial charge in [-0.3, -0.25) is 4.79 Å². The summed E-state index contributed by atoms with van der Waals surface area (Å²) in [6, 6.07) is 4.19. The number of nitrogens with zero attached hydrogens (tertiary/aromatic N) is 1. The number of carbonyl (C=O) groups is 1. The normalized spacial score (nSPS) is 22.7. The minimum Gasteiger partial charge on any atom is -0.381 e. The summed E-state index contributed by atoms with van der Waals surface area (Å²) < 4.78 is 34.3. The fourth-order valence-corrected chi connectivity index (χ4v) is 3.89. The molecule has 7 heteroatoms. The zero-order chi connectivity index (χ0) is 19.7. The molecule has 2 atom stereocenters. The third-order valence-electron chi connectivity index (χ3n) is 5.75. The van der Waals surface area contributed by atoms with Crippen molar-refractivity contribution >= 4 is 22.5 Å². The van der Waals surface area contributed by atoms with E-state index < -0.39 is 11.8 Å². The predicted octanol–water partition coefficient (Wildman–Crippen LogP) is 3.91. The summed E-state index contributed by atoms with van der Waals surface area (Å²) in [5, 5.41) is 6.75. The molecule has 150 valence electrons. The average molecular weight is 389 g/mol. The van der Waals surface area contributed by atoms with Gasteiger partial charge in [0.15, 0.2) is 0 Å². The number of amides is 1. The van der Waals surface area contributed by atoms with Crippen LogP contribution < -0.4 is 10.6 Å². The molecule has 2 aromatic rings. The maximum atomic E-state index is 14.8. The molecule has 2 heterocycles. The number of benzene rings is 1. The number of pyridine rings is 1. The minimum absolute atomic E-state index is 0.0154. The number of hydrogen-bond donors (Lipinski definition) is 2. The van der Waals surface area contributed by atoms with E-state index in [0.717, 1.165) is 32.1 Å². The summed E-state index contributed by atoms with van der Waals surface area (Å²) in [6.45, 7) is 2.65. The van der Waals surface area contributed by atoms with Crippen LogP contribution in [0.5, 0.6) is 0 Å². The highest BCUT2D eigenvalue weighted by atomic mass is 19.1. The van der Waals surface area contributed by atoms with Gasteiger partial charge in [0.1, 0.15) is 5.82 Å². The molecule has 0 radical (unpaired) electrons. The molecule has 1 aromatic carbocycles. The molecule has 1 saturated heterocycles. The van der Waals surface area contributed by atoms with E-state index in [2.05, 4.69) is 15.6 Å². The maximum Gasteiger partial charge on any atom is 0.223 e. The number of halogens is 2. The van der Waals surface area contributed by atoms with Gasteiger partial charge in [-0.1, -0.05) is 6.42 Å². The lowest BCUT2D eigenvalue weighted by Crippen LogP contribution is -2.35. The lowest BCUT2D eigenvalue weighted by molar-refractivity contribution is -0.127. The van der Waals surface area contributed by atoms with Gasteiger partial charge in [0, 0.05) is 30.5 Å². The van der Waals surface area contributed by atoms with Gasteiger partial charge in [-0.25, -0.2) is 9.37 Å². The van der Waals surface area contributed by atoms with E-state index in [1.54, 1.807) is 0 Å². The van der Waals surface area contributed by atoms with Crippen LogP contribution in [0.3, 0.4) is 0 Å². The summed E-state index contributed by atoms with van der Waals surface area (Å²) in [4.78, 5) is 16.2. The number of anilines is 1. The molecular weight excluding hydrogens is 364 g/mol. The Morgan fingerprint density at radius 3 is 2.82 bits per heavy atom. The van der Waals surface area contributed by atoms with Gasteiger partial charge in [-0.05, 0) is 50.8 Å². The molecule has 28 heavy (non-hydrogen) atoms. The Morgan fingerprint density at radius 2 is 2.11 bits per heavy atom. The van der Waals surface area contributed by atoms with Gasteiger partial charge in [0.2, 0.25) is 11.9 Å². The lowest BCUT2D eigenvalue weighted by atomic mass is 9.85. The van der Waals surface area contributed by atoms with E-state index in [-0.39, 0.29) is 36.1 Å². The molecule has 2 aliphatic rings. The van der Waals surface area contributed by atoms with Crippen molar-refractivity contribution in [2.45, 2.75) is 57.7 Å². The highest BCUT2D eigenvalue weighted by molar-refractivity contribution is 5.93. The second kappa shape index (κ2) is 7.99. The van der Waals surface area contributed by atoms with Crippen LogP contribution >= 0.6 is 0 Å². The van der Waals surface area contributed by atoms with Gasteiger partial charge >= 0.3 is 0 Å². The molecule has 1 saturated carbocycles. The van der Waals surface area contributed by atoms with Crippen molar-refractivity contribution in [3.8, 4) is 0 Å². The third-order valence-corrected chi connectivity index (χ3v) is 5.75. The van der Waals surface area contributed by atoms with Crippen molar-refractivity contribution in [1.29, 1.82) is 0 Å². The number of ether oxygens (including phenoxy) is 1. The highest BCUT2D eigenvalue weighted by Crippen LogP contribution is 2.32. The number of aromatic nitrogens is 1. The highest BCUT2D eigenvalue weighted by Gasteiger charge is 2.27. The van der Waals surface area contributed by atoms with E-state index in [1.165, 1.54) is 18.2 Å². The van der Waals surface area contributed by atoms with E-state index in [9.17, 15) is 13.6 Å². The molecular formula is C21H25F2N3O2. The number of nitrogens with one attached hydrogen (secondary N) is 2. The average Bonchev–Trinajstić information content (AvgIpc) is 2.60. The molecule has 5 nitrogen and oxygen atoms in total. The monoisotopic (exact) mass is 389 g/mol. The van der Waals surface area contributed by atoms with Crippen molar-refractivity contribution in [2.75, 3.05) is 11.9 Å². The zero-order valence-corrected chi connectivity index (χ0v) is 15.9. The fourth-order valence-electron chi connectivity index (χ4n) is 3.89. The summed E-state index contributed by atoms with van der Waals surface area (Å²) in [5.41, 5.74) is 1.16. The first kappa shape index (κ1) is 19.1. The Bertz CT molecular complexity index is 886. The summed E-state index contributed by atoms with van der Waals surface area (Å²) in [5.74, 6) is -1.10. The zero-order valence-electron chi connectivity index (χ0n) is 15.9. The van der Waals surface area contributed by atoms with Crippen LogP contribution in [-0.2, 0) is 16.1 Å². The van der Waals surface area contributed by atoms with Gasteiger partial charge < -0.3 is 15.4 Å². The molecule has 1 aliphatic carbocycles. The van der Waals surface area contributed by atoms with Crippen LogP contribution in [0.15, 0.2) is 18.2 Å². The topological polar surface area (TPSA) is 63.2 Å². The maximum absolute atomic E-state index is 14.8. The summed E-state index contributed by atoms with van der Waals surface area (Å²) >= 11 is 0. The number of hydrogen-bond acceptors (Lipinski definition) is 4. The Morgan fingerprint density at radius 1 is 1.29 bits per heavy atom. The third kappa shape index (κ3) is 3.94. The van der Waals surface area contributed by atoms with Crippen LogP contribution in [0.2, 0.25) is 0 Å². The van der Waals surface area contributed by atoms with E-state index in [1.807, 2.05) is 6.92 Å². The molecule has 0 bridgehead atoms. The molecule has 0 spiro atoms. The van der Waals surface area contributed by atoms with Crippen molar-refractivity contribution in [3.63, 3.8) is 0 Å². The second-order valence-electron chi connectivity index (χ2n) is 7.81. The Balaban J connectivity index is 1.67. The van der Waals surface area contributed by atoms with Crippen molar-refractivity contribution in [2.24, 2.45) is 5.92 Å². The van der Waals surface area contributed by atoms with Crippen LogP contribution in [0.4, 0.5) is 14.5 Å². The molecule has 1 aliphatic heterocycles. The lowest BCUT2D eigenvalue weighted by Gasteiger charge is -2.30. The van der Waals surface area contributed by atoms with Crippen molar-refractivity contribution < 1.29 is 18.3 Å². The fraction of sp³-hybridized carbons (Fsp3) is 0.524. The SMILES string of the molecule is C[C@@H]1C[C@H](Nc2c(CNC(=O)C3CCC3)c(F)nc3ccc(F)cc23)CCO1. The summed E-state index contributed by atoms with van der Waals surface area (Å²) in [6.07, 6.45) is 4.45. The molecule has 4 rings (SSSR count). The largest absolute Gasteiger partial charge is 0.381 e. The van der Waals surface area contributed by atoms with Gasteiger partial charge in [-0.2, -0.15) is 4.39 Å². The first-order chi connectivity index (χ1) is 13.5. The van der Waals surface area contributed by atoms with Crippen LogP contribution in [0.25, 0.3) is 10.9 Å². The van der Waals surface area contributed by atoms with Crippen LogP contribution in [-0.4, -0.2) is 29.6 Å². The Labute approximate surface area is 162 Å². The molecule has 1 aromatic heterocycles. The smallest absolute Gasteiger partial charge is 0.223 e. The van der Waals surface area contributed by atoms with Gasteiger partial charge in [-0.15, -0.1) is 0 Å². The first-order valence-corrected chi connectivity index (χ1v) is 9.94.